The molecule has 0 spiro atoms. The van der Waals surface area contributed by atoms with E-state index in [9.17, 15) is 24.5 Å². The van der Waals surface area contributed by atoms with Crippen molar-refractivity contribution < 1.29 is 33.5 Å². The number of nitrogens with one attached hydrogen (secondary N) is 1. The van der Waals surface area contributed by atoms with Crippen LogP contribution in [-0.2, 0) is 18.4 Å². The van der Waals surface area contributed by atoms with Crippen molar-refractivity contribution in [1.82, 2.24) is 5.32 Å². The molecular formula is C39H79N2O7P. The number of carbonyl (C=O) groups excluding carboxylic acids is 1. The van der Waals surface area contributed by atoms with Gasteiger partial charge in [0.2, 0.25) is 5.91 Å². The number of phosphoric ester groups is 1. The molecule has 0 aromatic rings. The molecule has 0 saturated heterocycles. The molecule has 9 nitrogen and oxygen atoms in total. The largest absolute Gasteiger partial charge is 0.472 e. The zero-order chi connectivity index (χ0) is 36.3. The molecule has 0 saturated carbocycles. The maximum Gasteiger partial charge on any atom is 0.472 e. The average molecular weight is 719 g/mol. The molecule has 10 heteroatoms. The summed E-state index contributed by atoms with van der Waals surface area (Å²) in [4.78, 5) is 22.7. The Morgan fingerprint density at radius 2 is 1.12 bits per heavy atom. The number of nitrogens with two attached hydrogens (primary N) is 1. The predicted molar refractivity (Wildman–Crippen MR) is 204 cm³/mol. The van der Waals surface area contributed by atoms with Gasteiger partial charge < -0.3 is 26.2 Å². The molecule has 49 heavy (non-hydrogen) atoms. The van der Waals surface area contributed by atoms with Gasteiger partial charge in [-0.2, -0.15) is 0 Å². The molecule has 1 amide bonds. The standard InChI is InChI=1S/C39H79N2O7P/c1-3-5-7-9-11-13-14-15-16-17-18-19-20-21-23-25-27-29-31-38(43)37(35-48-49(45,46)47-33-32-40)41-39(44)34-36(42)30-28-26-24-22-12-10-8-6-4-2/h10,12,36-38,42-43H,3-9,11,13-35,40H2,1-2H3,(H,41,44)(H,45,46)/b12-10-. The first kappa shape index (κ1) is 48.2. The van der Waals surface area contributed by atoms with Gasteiger partial charge in [0.05, 0.1) is 37.9 Å². The number of unbranched alkanes of at least 4 members (excludes halogenated alkanes) is 22. The van der Waals surface area contributed by atoms with Gasteiger partial charge in [0.1, 0.15) is 0 Å². The first-order valence-electron chi connectivity index (χ1n) is 20.4. The van der Waals surface area contributed by atoms with E-state index in [4.69, 9.17) is 14.8 Å². The lowest BCUT2D eigenvalue weighted by atomic mass is 10.0. The van der Waals surface area contributed by atoms with Gasteiger partial charge in [0, 0.05) is 6.54 Å². The molecule has 0 rings (SSSR count). The van der Waals surface area contributed by atoms with Gasteiger partial charge in [-0.25, -0.2) is 4.57 Å². The average Bonchev–Trinajstić information content (AvgIpc) is 3.07. The first-order valence-corrected chi connectivity index (χ1v) is 21.9. The Balaban J connectivity index is 4.27. The van der Waals surface area contributed by atoms with Crippen molar-refractivity contribution in [2.75, 3.05) is 19.8 Å². The van der Waals surface area contributed by atoms with Crippen LogP contribution in [0.2, 0.25) is 0 Å². The third-order valence-electron chi connectivity index (χ3n) is 9.17. The van der Waals surface area contributed by atoms with E-state index in [0.717, 1.165) is 51.4 Å². The Hall–Kier alpha value is -0.800. The Bertz CT molecular complexity index is 801. The zero-order valence-electron chi connectivity index (χ0n) is 31.8. The molecule has 0 aliphatic carbocycles. The smallest absolute Gasteiger partial charge is 0.393 e. The number of rotatable bonds is 38. The van der Waals surface area contributed by atoms with E-state index < -0.39 is 32.0 Å². The highest BCUT2D eigenvalue weighted by Crippen LogP contribution is 2.43. The second-order valence-corrected chi connectivity index (χ2v) is 15.5. The molecule has 0 fully saturated rings. The quantitative estimate of drug-likeness (QED) is 0.0240. The summed E-state index contributed by atoms with van der Waals surface area (Å²) >= 11 is 0. The van der Waals surface area contributed by atoms with Crippen LogP contribution in [0.4, 0.5) is 0 Å². The van der Waals surface area contributed by atoms with Crippen LogP contribution in [0.3, 0.4) is 0 Å². The van der Waals surface area contributed by atoms with E-state index in [1.807, 2.05) is 0 Å². The highest BCUT2D eigenvalue weighted by Gasteiger charge is 2.28. The molecule has 4 atom stereocenters. The minimum atomic E-state index is -4.37. The maximum atomic E-state index is 12.7. The van der Waals surface area contributed by atoms with Crippen molar-refractivity contribution in [3.63, 3.8) is 0 Å². The van der Waals surface area contributed by atoms with E-state index in [1.165, 1.54) is 109 Å². The molecule has 0 radical (unpaired) electrons. The van der Waals surface area contributed by atoms with Crippen molar-refractivity contribution in [1.29, 1.82) is 0 Å². The second kappa shape index (κ2) is 35.6. The van der Waals surface area contributed by atoms with Crippen LogP contribution in [0.1, 0.15) is 194 Å². The minimum absolute atomic E-state index is 0.0591. The van der Waals surface area contributed by atoms with Crippen molar-refractivity contribution in [3.05, 3.63) is 12.2 Å². The number of hydrogen-bond acceptors (Lipinski definition) is 7. The fraction of sp³-hybridized carbons (Fsp3) is 0.923. The lowest BCUT2D eigenvalue weighted by Crippen LogP contribution is -2.47. The van der Waals surface area contributed by atoms with Crippen molar-refractivity contribution in [2.24, 2.45) is 5.73 Å². The van der Waals surface area contributed by atoms with E-state index in [-0.39, 0.29) is 26.2 Å². The third kappa shape index (κ3) is 34.1. The fourth-order valence-electron chi connectivity index (χ4n) is 6.04. The molecule has 0 aliphatic heterocycles. The topological polar surface area (TPSA) is 151 Å². The molecule has 0 bridgehead atoms. The number of aliphatic hydroxyl groups is 2. The van der Waals surface area contributed by atoms with Crippen molar-refractivity contribution in [2.45, 2.75) is 212 Å². The fourth-order valence-corrected chi connectivity index (χ4v) is 6.80. The third-order valence-corrected chi connectivity index (χ3v) is 10.2. The Kier molecular flexibility index (Phi) is 35.0. The van der Waals surface area contributed by atoms with E-state index in [0.29, 0.717) is 12.8 Å². The molecule has 6 N–H and O–H groups in total. The van der Waals surface area contributed by atoms with Gasteiger partial charge in [-0.15, -0.1) is 0 Å². The summed E-state index contributed by atoms with van der Waals surface area (Å²) in [6.07, 6.45) is 34.1. The first-order chi connectivity index (χ1) is 23.8. The van der Waals surface area contributed by atoms with Gasteiger partial charge in [-0.1, -0.05) is 167 Å². The summed E-state index contributed by atoms with van der Waals surface area (Å²) in [5, 5.41) is 24.0. The molecule has 0 heterocycles. The molecule has 0 aliphatic rings. The number of phosphoric acid groups is 1. The summed E-state index contributed by atoms with van der Waals surface area (Å²) in [5.41, 5.74) is 5.35. The van der Waals surface area contributed by atoms with E-state index >= 15 is 0 Å². The van der Waals surface area contributed by atoms with E-state index in [2.05, 4.69) is 31.3 Å². The minimum Gasteiger partial charge on any atom is -0.393 e. The van der Waals surface area contributed by atoms with E-state index in [1.54, 1.807) is 0 Å². The number of hydrogen-bond donors (Lipinski definition) is 5. The number of allylic oxidation sites excluding steroid dienone is 2. The van der Waals surface area contributed by atoms with Gasteiger partial charge in [0.25, 0.3) is 0 Å². The van der Waals surface area contributed by atoms with Gasteiger partial charge >= 0.3 is 7.82 Å². The Morgan fingerprint density at radius 3 is 1.63 bits per heavy atom. The number of amides is 1. The Labute approximate surface area is 301 Å². The maximum absolute atomic E-state index is 12.7. The van der Waals surface area contributed by atoms with Crippen LogP contribution >= 0.6 is 7.82 Å². The van der Waals surface area contributed by atoms with Gasteiger partial charge in [-0.3, -0.25) is 13.8 Å². The van der Waals surface area contributed by atoms with Crippen molar-refractivity contribution in [3.8, 4) is 0 Å². The molecule has 4 unspecified atom stereocenters. The summed E-state index contributed by atoms with van der Waals surface area (Å²) in [5.74, 6) is -0.424. The monoisotopic (exact) mass is 719 g/mol. The van der Waals surface area contributed by atoms with Gasteiger partial charge in [0.15, 0.2) is 0 Å². The SMILES string of the molecule is CCCC/C=C\CCCCCC(O)CC(=O)NC(COP(=O)(O)OCCN)C(O)CCCCCCCCCCCCCCCCCCCC. The van der Waals surface area contributed by atoms with Crippen LogP contribution in [0, 0.1) is 0 Å². The van der Waals surface area contributed by atoms with Crippen LogP contribution in [0.15, 0.2) is 12.2 Å². The van der Waals surface area contributed by atoms with Crippen LogP contribution in [0.5, 0.6) is 0 Å². The summed E-state index contributed by atoms with van der Waals surface area (Å²) < 4.78 is 22.1. The van der Waals surface area contributed by atoms with Crippen LogP contribution < -0.4 is 11.1 Å². The molecule has 0 aromatic heterocycles. The highest BCUT2D eigenvalue weighted by molar-refractivity contribution is 7.47. The predicted octanol–water partition coefficient (Wildman–Crippen LogP) is 9.80. The lowest BCUT2D eigenvalue weighted by molar-refractivity contribution is -0.125. The lowest BCUT2D eigenvalue weighted by Gasteiger charge is -2.25. The van der Waals surface area contributed by atoms with Crippen LogP contribution in [0.25, 0.3) is 0 Å². The van der Waals surface area contributed by atoms with Crippen molar-refractivity contribution >= 4 is 13.7 Å². The molecule has 0 aromatic carbocycles. The highest BCUT2D eigenvalue weighted by atomic mass is 31.2. The van der Waals surface area contributed by atoms with Crippen LogP contribution in [-0.4, -0.2) is 59.0 Å². The Morgan fingerprint density at radius 1 is 0.673 bits per heavy atom. The second-order valence-electron chi connectivity index (χ2n) is 14.0. The molecule has 292 valence electrons. The number of carbonyl (C=O) groups is 1. The summed E-state index contributed by atoms with van der Waals surface area (Å²) in [6, 6.07) is -0.896. The summed E-state index contributed by atoms with van der Waals surface area (Å²) in [6.45, 7) is 3.99. The zero-order valence-corrected chi connectivity index (χ0v) is 32.7. The number of aliphatic hydroxyl groups excluding tert-OH is 2. The summed E-state index contributed by atoms with van der Waals surface area (Å²) in [7, 11) is -4.37. The molecular weight excluding hydrogens is 639 g/mol. The normalized spacial score (nSPS) is 15.0. The van der Waals surface area contributed by atoms with Gasteiger partial charge in [-0.05, 0) is 32.1 Å².